The quantitative estimate of drug-likeness (QED) is 0.475. The number of ether oxygens (including phenoxy) is 3. The van der Waals surface area contributed by atoms with Crippen molar-refractivity contribution in [2.45, 2.75) is 45.3 Å². The topological polar surface area (TPSA) is 103 Å². The first-order valence-electron chi connectivity index (χ1n) is 9.86. The number of hydrogen-bond acceptors (Lipinski definition) is 6. The second-order valence-corrected chi connectivity index (χ2v) is 7.12. The number of carbonyl (C=O) groups excluding carboxylic acids is 3. The number of halogens is 2. The van der Waals surface area contributed by atoms with Gasteiger partial charge in [0, 0.05) is 12.1 Å². The SMILES string of the molecule is COc1cc(/C=C/C(=O)OCC(=O)NC(=O)N[C@H]2CCCC[C@@H]2C)ccc1OC(F)F. The summed E-state index contributed by atoms with van der Waals surface area (Å²) in [6.45, 7) is -1.57. The Kier molecular flexibility index (Phi) is 9.23. The Hall–Kier alpha value is -3.17. The Balaban J connectivity index is 1.78. The first kappa shape index (κ1) is 24.1. The van der Waals surface area contributed by atoms with E-state index in [1.165, 1.54) is 31.4 Å². The van der Waals surface area contributed by atoms with Gasteiger partial charge in [-0.1, -0.05) is 25.8 Å². The number of rotatable bonds is 8. The number of esters is 1. The van der Waals surface area contributed by atoms with Crippen molar-refractivity contribution in [3.05, 3.63) is 29.8 Å². The Morgan fingerprint density at radius 1 is 1.19 bits per heavy atom. The molecule has 31 heavy (non-hydrogen) atoms. The average Bonchev–Trinajstić information content (AvgIpc) is 2.72. The lowest BCUT2D eigenvalue weighted by molar-refractivity contribution is -0.143. The maximum atomic E-state index is 12.3. The maximum absolute atomic E-state index is 12.3. The molecule has 0 aromatic heterocycles. The molecule has 0 heterocycles. The predicted molar refractivity (Wildman–Crippen MR) is 108 cm³/mol. The molecular formula is C21H26F2N2O6. The standard InChI is InChI=1S/C21H26F2N2O6/c1-13-5-3-4-6-15(13)24-21(28)25-18(26)12-30-19(27)10-8-14-7-9-16(31-20(22)23)17(11-14)29-2/h7-11,13,15,20H,3-6,12H2,1-2H3,(H2,24,25,26,28)/b10-8+/t13-,15-/m0/s1. The van der Waals surface area contributed by atoms with Gasteiger partial charge in [0.1, 0.15) is 0 Å². The molecule has 2 atom stereocenters. The normalized spacial score (nSPS) is 18.5. The third-order valence-corrected chi connectivity index (χ3v) is 4.84. The maximum Gasteiger partial charge on any atom is 0.387 e. The van der Waals surface area contributed by atoms with E-state index in [2.05, 4.69) is 22.3 Å². The molecule has 0 radical (unpaired) electrons. The summed E-state index contributed by atoms with van der Waals surface area (Å²) in [4.78, 5) is 35.5. The van der Waals surface area contributed by atoms with Gasteiger partial charge in [-0.3, -0.25) is 10.1 Å². The second-order valence-electron chi connectivity index (χ2n) is 7.12. The van der Waals surface area contributed by atoms with Crippen molar-refractivity contribution in [1.29, 1.82) is 0 Å². The Labute approximate surface area is 178 Å². The number of imide groups is 1. The van der Waals surface area contributed by atoms with Gasteiger partial charge in [-0.25, -0.2) is 9.59 Å². The average molecular weight is 440 g/mol. The van der Waals surface area contributed by atoms with Crippen LogP contribution in [0.25, 0.3) is 6.08 Å². The van der Waals surface area contributed by atoms with Crippen molar-refractivity contribution in [3.63, 3.8) is 0 Å². The van der Waals surface area contributed by atoms with Crippen molar-refractivity contribution < 1.29 is 37.4 Å². The first-order chi connectivity index (χ1) is 14.8. The fraction of sp³-hybridized carbons (Fsp3) is 0.476. The molecule has 0 aliphatic heterocycles. The molecule has 2 N–H and O–H groups in total. The number of benzene rings is 1. The van der Waals surface area contributed by atoms with Crippen LogP contribution in [0.2, 0.25) is 0 Å². The highest BCUT2D eigenvalue weighted by Crippen LogP contribution is 2.29. The minimum atomic E-state index is -3.00. The van der Waals surface area contributed by atoms with Gasteiger partial charge in [-0.2, -0.15) is 8.78 Å². The molecule has 3 amide bonds. The first-order valence-corrected chi connectivity index (χ1v) is 9.86. The van der Waals surface area contributed by atoms with Crippen molar-refractivity contribution in [1.82, 2.24) is 10.6 Å². The summed E-state index contributed by atoms with van der Waals surface area (Å²) >= 11 is 0. The lowest BCUT2D eigenvalue weighted by atomic mass is 9.86. The van der Waals surface area contributed by atoms with Gasteiger partial charge in [-0.15, -0.1) is 0 Å². The number of nitrogens with one attached hydrogen (secondary N) is 2. The molecule has 1 fully saturated rings. The van der Waals surface area contributed by atoms with E-state index in [1.54, 1.807) is 0 Å². The van der Waals surface area contributed by atoms with E-state index in [-0.39, 0.29) is 17.5 Å². The molecule has 1 aliphatic rings. The lowest BCUT2D eigenvalue weighted by Gasteiger charge is -2.29. The highest BCUT2D eigenvalue weighted by Gasteiger charge is 2.23. The summed E-state index contributed by atoms with van der Waals surface area (Å²) < 4.78 is 38.8. The highest BCUT2D eigenvalue weighted by atomic mass is 19.3. The van der Waals surface area contributed by atoms with E-state index < -0.39 is 31.1 Å². The van der Waals surface area contributed by atoms with Crippen LogP contribution in [-0.4, -0.2) is 44.3 Å². The summed E-state index contributed by atoms with van der Waals surface area (Å²) in [6, 6.07) is 3.50. The molecule has 0 spiro atoms. The smallest absolute Gasteiger partial charge is 0.387 e. The molecule has 0 saturated heterocycles. The van der Waals surface area contributed by atoms with Gasteiger partial charge in [0.25, 0.3) is 5.91 Å². The molecule has 10 heteroatoms. The number of carbonyl (C=O) groups is 3. The van der Waals surface area contributed by atoms with Crippen molar-refractivity contribution in [2.75, 3.05) is 13.7 Å². The second kappa shape index (κ2) is 11.9. The minimum absolute atomic E-state index is 0.0153. The van der Waals surface area contributed by atoms with Crippen LogP contribution in [0.4, 0.5) is 13.6 Å². The number of urea groups is 1. The van der Waals surface area contributed by atoms with Crippen molar-refractivity contribution >= 4 is 24.0 Å². The predicted octanol–water partition coefficient (Wildman–Crippen LogP) is 3.26. The van der Waals surface area contributed by atoms with Crippen LogP contribution in [0.1, 0.15) is 38.2 Å². The fourth-order valence-electron chi connectivity index (χ4n) is 3.23. The van der Waals surface area contributed by atoms with Gasteiger partial charge >= 0.3 is 18.6 Å². The van der Waals surface area contributed by atoms with Crippen LogP contribution in [0.5, 0.6) is 11.5 Å². The summed E-state index contributed by atoms with van der Waals surface area (Å²) in [7, 11) is 1.29. The van der Waals surface area contributed by atoms with E-state index in [9.17, 15) is 23.2 Å². The number of methoxy groups -OCH3 is 1. The van der Waals surface area contributed by atoms with E-state index in [4.69, 9.17) is 9.47 Å². The van der Waals surface area contributed by atoms with E-state index in [0.717, 1.165) is 31.8 Å². The van der Waals surface area contributed by atoms with Gasteiger partial charge in [0.15, 0.2) is 18.1 Å². The Morgan fingerprint density at radius 3 is 2.61 bits per heavy atom. The van der Waals surface area contributed by atoms with Crippen LogP contribution < -0.4 is 20.1 Å². The molecule has 8 nitrogen and oxygen atoms in total. The largest absolute Gasteiger partial charge is 0.493 e. The molecule has 1 aromatic rings. The number of alkyl halides is 2. The van der Waals surface area contributed by atoms with Gasteiger partial charge in [0.2, 0.25) is 0 Å². The molecule has 0 unspecified atom stereocenters. The molecule has 1 aliphatic carbocycles. The molecule has 1 aromatic carbocycles. The van der Waals surface area contributed by atoms with Crippen molar-refractivity contribution in [3.8, 4) is 11.5 Å². The number of hydrogen-bond donors (Lipinski definition) is 2. The van der Waals surface area contributed by atoms with Crippen LogP contribution in [0.3, 0.4) is 0 Å². The lowest BCUT2D eigenvalue weighted by Crippen LogP contribution is -2.48. The van der Waals surface area contributed by atoms with Gasteiger partial charge in [0.05, 0.1) is 7.11 Å². The summed E-state index contributed by atoms with van der Waals surface area (Å²) in [5.74, 6) is -1.31. The third-order valence-electron chi connectivity index (χ3n) is 4.84. The molecule has 0 bridgehead atoms. The fourth-order valence-corrected chi connectivity index (χ4v) is 3.23. The van der Waals surface area contributed by atoms with Gasteiger partial charge in [-0.05, 0) is 42.5 Å². The minimum Gasteiger partial charge on any atom is -0.493 e. The van der Waals surface area contributed by atoms with Gasteiger partial charge < -0.3 is 19.5 Å². The van der Waals surface area contributed by atoms with Crippen molar-refractivity contribution in [2.24, 2.45) is 5.92 Å². The number of amides is 3. The molecule has 170 valence electrons. The van der Waals surface area contributed by atoms with E-state index >= 15 is 0 Å². The Bertz CT molecular complexity index is 815. The zero-order chi connectivity index (χ0) is 22.8. The van der Waals surface area contributed by atoms with Crippen LogP contribution >= 0.6 is 0 Å². The summed E-state index contributed by atoms with van der Waals surface area (Å²) in [5.41, 5.74) is 0.459. The highest BCUT2D eigenvalue weighted by molar-refractivity contribution is 5.96. The molecule has 2 rings (SSSR count). The summed E-state index contributed by atoms with van der Waals surface area (Å²) in [5, 5.41) is 4.90. The summed E-state index contributed by atoms with van der Waals surface area (Å²) in [6.07, 6.45) is 6.45. The van der Waals surface area contributed by atoms with Crippen LogP contribution in [0.15, 0.2) is 24.3 Å². The van der Waals surface area contributed by atoms with E-state index in [1.807, 2.05) is 0 Å². The van der Waals surface area contributed by atoms with Crippen LogP contribution in [0, 0.1) is 5.92 Å². The molecular weight excluding hydrogens is 414 g/mol. The third kappa shape index (κ3) is 8.23. The monoisotopic (exact) mass is 440 g/mol. The zero-order valence-electron chi connectivity index (χ0n) is 17.4. The Morgan fingerprint density at radius 2 is 1.94 bits per heavy atom. The van der Waals surface area contributed by atoms with E-state index in [0.29, 0.717) is 11.5 Å². The molecule has 1 saturated carbocycles. The zero-order valence-corrected chi connectivity index (χ0v) is 17.4. The van der Waals surface area contributed by atoms with Crippen LogP contribution in [-0.2, 0) is 14.3 Å².